The van der Waals surface area contributed by atoms with Gasteiger partial charge in [-0.15, -0.1) is 0 Å². The summed E-state index contributed by atoms with van der Waals surface area (Å²) < 4.78 is 19.3. The number of rotatable bonds is 6. The minimum atomic E-state index is -0.193. The molecule has 1 aromatic carbocycles. The third-order valence-corrected chi connectivity index (χ3v) is 5.43. The molecule has 1 atom stereocenters. The number of morpholine rings is 1. The first-order valence-corrected chi connectivity index (χ1v) is 10.4. The van der Waals surface area contributed by atoms with Crippen molar-refractivity contribution in [2.24, 2.45) is 4.99 Å². The highest BCUT2D eigenvalue weighted by Crippen LogP contribution is 2.23. The molecule has 0 radical (unpaired) electrons. The molecule has 1 saturated heterocycles. The van der Waals surface area contributed by atoms with E-state index in [0.717, 1.165) is 44.4 Å². The number of ether oxygens (including phenoxy) is 1. The monoisotopic (exact) mass is 376 g/mol. The fourth-order valence-corrected chi connectivity index (χ4v) is 3.97. The van der Waals surface area contributed by atoms with Crippen LogP contribution < -0.4 is 10.6 Å². The molecule has 2 N–H and O–H groups in total. The summed E-state index contributed by atoms with van der Waals surface area (Å²) in [6.45, 7) is 6.66. The second kappa shape index (κ2) is 10.6. The summed E-state index contributed by atoms with van der Waals surface area (Å²) in [5.41, 5.74) is 0.981. The molecule has 0 amide bonds. The third kappa shape index (κ3) is 6.18. The molecule has 1 heterocycles. The second-order valence-electron chi connectivity index (χ2n) is 7.42. The summed E-state index contributed by atoms with van der Waals surface area (Å²) in [7, 11) is 0. The highest BCUT2D eigenvalue weighted by Gasteiger charge is 2.23. The molecule has 0 bridgehead atoms. The third-order valence-electron chi connectivity index (χ3n) is 5.43. The van der Waals surface area contributed by atoms with Crippen LogP contribution in [0.5, 0.6) is 0 Å². The quantitative estimate of drug-likeness (QED) is 0.592. The van der Waals surface area contributed by atoms with Gasteiger partial charge < -0.3 is 15.4 Å². The van der Waals surface area contributed by atoms with Crippen molar-refractivity contribution in [3.8, 4) is 0 Å². The van der Waals surface area contributed by atoms with Crippen LogP contribution >= 0.6 is 0 Å². The summed E-state index contributed by atoms with van der Waals surface area (Å²) in [5, 5.41) is 6.97. The Bertz CT molecular complexity index is 598. The predicted octanol–water partition coefficient (Wildman–Crippen LogP) is 3.09. The fourth-order valence-electron chi connectivity index (χ4n) is 3.97. The zero-order valence-electron chi connectivity index (χ0n) is 16.4. The van der Waals surface area contributed by atoms with E-state index in [1.807, 2.05) is 6.07 Å². The molecule has 2 fully saturated rings. The van der Waals surface area contributed by atoms with E-state index in [2.05, 4.69) is 22.5 Å². The lowest BCUT2D eigenvalue weighted by atomic mass is 9.96. The number of hydrogen-bond donors (Lipinski definition) is 2. The Balaban J connectivity index is 1.72. The zero-order chi connectivity index (χ0) is 18.9. The Morgan fingerprint density at radius 2 is 2.04 bits per heavy atom. The predicted molar refractivity (Wildman–Crippen MR) is 108 cm³/mol. The Morgan fingerprint density at radius 1 is 1.26 bits per heavy atom. The number of hydrogen-bond acceptors (Lipinski definition) is 3. The van der Waals surface area contributed by atoms with Crippen LogP contribution in [0, 0.1) is 5.82 Å². The molecule has 5 nitrogen and oxygen atoms in total. The molecule has 0 spiro atoms. The molecule has 1 aliphatic carbocycles. The Kier molecular flexibility index (Phi) is 7.90. The maximum absolute atomic E-state index is 13.8. The first kappa shape index (κ1) is 20.1. The maximum Gasteiger partial charge on any atom is 0.191 e. The van der Waals surface area contributed by atoms with Gasteiger partial charge in [-0.3, -0.25) is 9.89 Å². The van der Waals surface area contributed by atoms with Crippen LogP contribution in [0.3, 0.4) is 0 Å². The van der Waals surface area contributed by atoms with Crippen LogP contribution in [-0.4, -0.2) is 56.3 Å². The topological polar surface area (TPSA) is 48.9 Å². The Hall–Kier alpha value is -1.66. The standard InChI is InChI=1S/C21H33FN4O/c1-2-23-21(25-19-9-4-3-5-10-19)24-16-20(26-11-13-27-14-12-26)17-7-6-8-18(22)15-17/h6-8,15,19-20H,2-5,9-14,16H2,1H3,(H2,23,24,25). The average molecular weight is 377 g/mol. The lowest BCUT2D eigenvalue weighted by Crippen LogP contribution is -2.45. The number of nitrogens with one attached hydrogen (secondary N) is 2. The average Bonchev–Trinajstić information content (AvgIpc) is 2.70. The van der Waals surface area contributed by atoms with E-state index < -0.39 is 0 Å². The molecule has 1 unspecified atom stereocenters. The van der Waals surface area contributed by atoms with E-state index in [9.17, 15) is 4.39 Å². The van der Waals surface area contributed by atoms with Crippen molar-refractivity contribution in [1.82, 2.24) is 15.5 Å². The number of halogens is 1. The molecule has 2 aliphatic rings. The van der Waals surface area contributed by atoms with Crippen LogP contribution in [0.25, 0.3) is 0 Å². The SMILES string of the molecule is CCNC(=NCC(c1cccc(F)c1)N1CCOCC1)NC1CCCCC1. The summed E-state index contributed by atoms with van der Waals surface area (Å²) >= 11 is 0. The Labute approximate surface area is 162 Å². The highest BCUT2D eigenvalue weighted by molar-refractivity contribution is 5.80. The van der Waals surface area contributed by atoms with Gasteiger partial charge in [-0.1, -0.05) is 31.4 Å². The van der Waals surface area contributed by atoms with E-state index in [1.165, 1.54) is 38.2 Å². The van der Waals surface area contributed by atoms with Crippen molar-refractivity contribution >= 4 is 5.96 Å². The number of aliphatic imine (C=N–C) groups is 1. The lowest BCUT2D eigenvalue weighted by molar-refractivity contribution is 0.0179. The zero-order valence-corrected chi connectivity index (χ0v) is 16.4. The van der Waals surface area contributed by atoms with Crippen LogP contribution in [0.2, 0.25) is 0 Å². The molecular formula is C21H33FN4O. The molecule has 27 heavy (non-hydrogen) atoms. The summed E-state index contributed by atoms with van der Waals surface area (Å²) in [6.07, 6.45) is 6.33. The van der Waals surface area contributed by atoms with Crippen molar-refractivity contribution in [3.63, 3.8) is 0 Å². The molecule has 6 heteroatoms. The van der Waals surface area contributed by atoms with Gasteiger partial charge in [0.1, 0.15) is 5.82 Å². The largest absolute Gasteiger partial charge is 0.379 e. The molecule has 0 aromatic heterocycles. The lowest BCUT2D eigenvalue weighted by Gasteiger charge is -2.34. The fraction of sp³-hybridized carbons (Fsp3) is 0.667. The first-order valence-electron chi connectivity index (χ1n) is 10.4. The van der Waals surface area contributed by atoms with Crippen LogP contribution in [0.4, 0.5) is 4.39 Å². The van der Waals surface area contributed by atoms with Crippen molar-refractivity contribution in [2.75, 3.05) is 39.4 Å². The second-order valence-corrected chi connectivity index (χ2v) is 7.42. The summed E-state index contributed by atoms with van der Waals surface area (Å²) in [5.74, 6) is 0.682. The van der Waals surface area contributed by atoms with Crippen LogP contribution in [0.15, 0.2) is 29.3 Å². The number of benzene rings is 1. The van der Waals surface area contributed by atoms with E-state index in [0.29, 0.717) is 12.6 Å². The van der Waals surface area contributed by atoms with Gasteiger partial charge in [0.05, 0.1) is 25.8 Å². The van der Waals surface area contributed by atoms with Crippen molar-refractivity contribution in [3.05, 3.63) is 35.6 Å². The number of guanidine groups is 1. The van der Waals surface area contributed by atoms with Gasteiger partial charge in [-0.25, -0.2) is 4.39 Å². The molecule has 1 aliphatic heterocycles. The molecule has 3 rings (SSSR count). The maximum atomic E-state index is 13.8. The van der Waals surface area contributed by atoms with Crippen molar-refractivity contribution in [2.45, 2.75) is 51.1 Å². The smallest absolute Gasteiger partial charge is 0.191 e. The van der Waals surface area contributed by atoms with Crippen molar-refractivity contribution in [1.29, 1.82) is 0 Å². The van der Waals surface area contributed by atoms with E-state index in [-0.39, 0.29) is 11.9 Å². The van der Waals surface area contributed by atoms with Gasteiger partial charge in [0.2, 0.25) is 0 Å². The van der Waals surface area contributed by atoms with Crippen LogP contribution in [0.1, 0.15) is 50.6 Å². The van der Waals surface area contributed by atoms with Gasteiger partial charge in [-0.2, -0.15) is 0 Å². The number of nitrogens with zero attached hydrogens (tertiary/aromatic N) is 2. The molecule has 150 valence electrons. The summed E-state index contributed by atoms with van der Waals surface area (Å²) in [4.78, 5) is 7.23. The Morgan fingerprint density at radius 3 is 2.74 bits per heavy atom. The highest BCUT2D eigenvalue weighted by atomic mass is 19.1. The summed E-state index contributed by atoms with van der Waals surface area (Å²) in [6, 6.07) is 7.49. The molecular weight excluding hydrogens is 343 g/mol. The van der Waals surface area contributed by atoms with Gasteiger partial charge in [0, 0.05) is 25.7 Å². The minimum absolute atomic E-state index is 0.0615. The normalized spacial score (nSPS) is 21.0. The van der Waals surface area contributed by atoms with Crippen LogP contribution in [-0.2, 0) is 4.74 Å². The minimum Gasteiger partial charge on any atom is -0.379 e. The van der Waals surface area contributed by atoms with Gasteiger partial charge in [0.25, 0.3) is 0 Å². The van der Waals surface area contributed by atoms with E-state index >= 15 is 0 Å². The van der Waals surface area contributed by atoms with Crippen molar-refractivity contribution < 1.29 is 9.13 Å². The molecule has 1 saturated carbocycles. The van der Waals surface area contributed by atoms with E-state index in [1.54, 1.807) is 12.1 Å². The van der Waals surface area contributed by atoms with E-state index in [4.69, 9.17) is 9.73 Å². The molecule has 1 aromatic rings. The first-order chi connectivity index (χ1) is 13.3. The van der Waals surface area contributed by atoms with Gasteiger partial charge in [0.15, 0.2) is 5.96 Å². The van der Waals surface area contributed by atoms with Gasteiger partial charge >= 0.3 is 0 Å². The van der Waals surface area contributed by atoms with Gasteiger partial charge in [-0.05, 0) is 37.5 Å².